The highest BCUT2D eigenvalue weighted by molar-refractivity contribution is 6.30. The average Bonchev–Trinajstić information content (AvgIpc) is 2.45. The second kappa shape index (κ2) is 3.59. The van der Waals surface area contributed by atoms with Crippen molar-refractivity contribution in [2.45, 2.75) is 12.5 Å². The van der Waals surface area contributed by atoms with E-state index in [9.17, 15) is 4.79 Å². The molecule has 1 atom stereocenters. The van der Waals surface area contributed by atoms with Gasteiger partial charge in [0.05, 0.1) is 0 Å². The summed E-state index contributed by atoms with van der Waals surface area (Å²) in [5.41, 5.74) is 6.52. The zero-order valence-electron chi connectivity index (χ0n) is 7.61. The maximum absolute atomic E-state index is 11.5. The van der Waals surface area contributed by atoms with Gasteiger partial charge in [0.15, 0.2) is 0 Å². The Bertz CT molecular complexity index is 367. The van der Waals surface area contributed by atoms with E-state index in [1.807, 2.05) is 12.1 Å². The summed E-state index contributed by atoms with van der Waals surface area (Å²) in [5, 5.41) is 0.635. The van der Waals surface area contributed by atoms with E-state index >= 15 is 0 Å². The van der Waals surface area contributed by atoms with Gasteiger partial charge in [0.2, 0.25) is 5.91 Å². The van der Waals surface area contributed by atoms with Crippen molar-refractivity contribution in [2.75, 3.05) is 11.4 Å². The fourth-order valence-corrected chi connectivity index (χ4v) is 1.81. The number of amides is 1. The van der Waals surface area contributed by atoms with Gasteiger partial charge >= 0.3 is 0 Å². The van der Waals surface area contributed by atoms with E-state index in [0.717, 1.165) is 5.69 Å². The number of anilines is 1. The van der Waals surface area contributed by atoms with Gasteiger partial charge in [-0.2, -0.15) is 0 Å². The molecule has 0 saturated carbocycles. The molecule has 1 saturated heterocycles. The molecule has 4 heteroatoms. The van der Waals surface area contributed by atoms with Gasteiger partial charge in [0.1, 0.15) is 0 Å². The molecule has 0 aliphatic carbocycles. The molecule has 0 spiro atoms. The summed E-state index contributed by atoms with van der Waals surface area (Å²) >= 11 is 5.84. The summed E-state index contributed by atoms with van der Waals surface area (Å²) < 4.78 is 0. The topological polar surface area (TPSA) is 46.3 Å². The van der Waals surface area contributed by atoms with Crippen molar-refractivity contribution in [2.24, 2.45) is 5.73 Å². The van der Waals surface area contributed by atoms with E-state index in [-0.39, 0.29) is 11.9 Å². The number of halogens is 1. The van der Waals surface area contributed by atoms with Gasteiger partial charge in [-0.1, -0.05) is 17.7 Å². The van der Waals surface area contributed by atoms with E-state index in [0.29, 0.717) is 18.0 Å². The number of benzene rings is 1. The molecule has 3 nitrogen and oxygen atoms in total. The van der Waals surface area contributed by atoms with Crippen molar-refractivity contribution in [3.63, 3.8) is 0 Å². The Balaban J connectivity index is 2.27. The molecule has 1 amide bonds. The molecule has 0 aromatic heterocycles. The van der Waals surface area contributed by atoms with E-state index < -0.39 is 0 Å². The summed E-state index contributed by atoms with van der Waals surface area (Å²) in [6.07, 6.45) is 0.423. The Kier molecular flexibility index (Phi) is 2.44. The fourth-order valence-electron chi connectivity index (χ4n) is 1.63. The van der Waals surface area contributed by atoms with Crippen molar-refractivity contribution in [1.29, 1.82) is 0 Å². The van der Waals surface area contributed by atoms with E-state index in [4.69, 9.17) is 17.3 Å². The number of carbonyl (C=O) groups excluding carboxylic acids is 1. The predicted molar refractivity (Wildman–Crippen MR) is 56.4 cm³/mol. The molecule has 1 heterocycles. The van der Waals surface area contributed by atoms with Crippen LogP contribution in [0.5, 0.6) is 0 Å². The van der Waals surface area contributed by atoms with Gasteiger partial charge in [-0.25, -0.2) is 0 Å². The molecule has 1 aromatic rings. The minimum Gasteiger partial charge on any atom is -0.326 e. The molecule has 74 valence electrons. The van der Waals surface area contributed by atoms with Crippen LogP contribution < -0.4 is 10.6 Å². The Morgan fingerprint density at radius 2 is 2.29 bits per heavy atom. The quantitative estimate of drug-likeness (QED) is 0.762. The lowest BCUT2D eigenvalue weighted by molar-refractivity contribution is -0.117. The molecule has 0 radical (unpaired) electrons. The van der Waals surface area contributed by atoms with E-state index in [1.54, 1.807) is 17.0 Å². The minimum absolute atomic E-state index is 0.0542. The normalized spacial score (nSPS) is 21.7. The lowest BCUT2D eigenvalue weighted by Gasteiger charge is -2.15. The van der Waals surface area contributed by atoms with Gasteiger partial charge in [-0.05, 0) is 18.2 Å². The minimum atomic E-state index is -0.0542. The maximum atomic E-state index is 11.5. The Morgan fingerprint density at radius 1 is 1.50 bits per heavy atom. The number of nitrogens with zero attached hydrogens (tertiary/aromatic N) is 1. The molecule has 1 aliphatic heterocycles. The third-order valence-electron chi connectivity index (χ3n) is 2.27. The van der Waals surface area contributed by atoms with Crippen molar-refractivity contribution in [1.82, 2.24) is 0 Å². The number of rotatable bonds is 1. The Hall–Kier alpha value is -1.06. The lowest BCUT2D eigenvalue weighted by atomic mass is 10.3. The molecule has 0 bridgehead atoms. The Labute approximate surface area is 87.4 Å². The Morgan fingerprint density at radius 3 is 2.86 bits per heavy atom. The fraction of sp³-hybridized carbons (Fsp3) is 0.300. The molecule has 2 rings (SSSR count). The predicted octanol–water partition coefficient (Wildman–Crippen LogP) is 1.40. The van der Waals surface area contributed by atoms with Gasteiger partial charge in [0.25, 0.3) is 0 Å². The second-order valence-electron chi connectivity index (χ2n) is 3.45. The van der Waals surface area contributed by atoms with Crippen molar-refractivity contribution in [3.8, 4) is 0 Å². The third kappa shape index (κ3) is 1.74. The summed E-state index contributed by atoms with van der Waals surface area (Å²) in [6.45, 7) is 0.583. The summed E-state index contributed by atoms with van der Waals surface area (Å²) in [6, 6.07) is 7.20. The van der Waals surface area contributed by atoms with Crippen molar-refractivity contribution in [3.05, 3.63) is 29.3 Å². The van der Waals surface area contributed by atoms with Crippen LogP contribution in [0.4, 0.5) is 5.69 Å². The molecule has 1 fully saturated rings. The van der Waals surface area contributed by atoms with Gasteiger partial charge < -0.3 is 10.6 Å². The van der Waals surface area contributed by atoms with Gasteiger partial charge in [-0.3, -0.25) is 4.79 Å². The van der Waals surface area contributed by atoms with Gasteiger partial charge in [0, 0.05) is 29.7 Å². The lowest BCUT2D eigenvalue weighted by Crippen LogP contribution is -2.27. The van der Waals surface area contributed by atoms with Crippen LogP contribution in [-0.2, 0) is 4.79 Å². The first kappa shape index (κ1) is 9.49. The van der Waals surface area contributed by atoms with Crippen LogP contribution in [0, 0.1) is 0 Å². The zero-order valence-corrected chi connectivity index (χ0v) is 8.37. The van der Waals surface area contributed by atoms with Crippen molar-refractivity contribution >= 4 is 23.2 Å². The van der Waals surface area contributed by atoms with Crippen LogP contribution in [0.15, 0.2) is 24.3 Å². The first-order valence-corrected chi connectivity index (χ1v) is 4.86. The first-order valence-electron chi connectivity index (χ1n) is 4.48. The number of hydrogen-bond acceptors (Lipinski definition) is 2. The molecular weight excluding hydrogens is 200 g/mol. The van der Waals surface area contributed by atoms with Crippen LogP contribution in [-0.4, -0.2) is 18.5 Å². The summed E-state index contributed by atoms with van der Waals surface area (Å²) in [4.78, 5) is 13.2. The standard InChI is InChI=1S/C10H11ClN2O/c11-7-2-1-3-9(4-7)13-6-8(12)5-10(13)14/h1-4,8H,5-6,12H2/t8-/m0/s1. The van der Waals surface area contributed by atoms with Crippen LogP contribution in [0.25, 0.3) is 0 Å². The third-order valence-corrected chi connectivity index (χ3v) is 2.51. The van der Waals surface area contributed by atoms with Crippen LogP contribution in [0.1, 0.15) is 6.42 Å². The van der Waals surface area contributed by atoms with E-state index in [2.05, 4.69) is 0 Å². The molecule has 1 aliphatic rings. The first-order chi connectivity index (χ1) is 6.66. The summed E-state index contributed by atoms with van der Waals surface area (Å²) in [7, 11) is 0. The number of carbonyl (C=O) groups is 1. The number of hydrogen-bond donors (Lipinski definition) is 1. The maximum Gasteiger partial charge on any atom is 0.228 e. The van der Waals surface area contributed by atoms with Crippen LogP contribution in [0.3, 0.4) is 0 Å². The molecule has 14 heavy (non-hydrogen) atoms. The van der Waals surface area contributed by atoms with Crippen molar-refractivity contribution < 1.29 is 4.79 Å². The largest absolute Gasteiger partial charge is 0.326 e. The highest BCUT2D eigenvalue weighted by atomic mass is 35.5. The average molecular weight is 211 g/mol. The second-order valence-corrected chi connectivity index (χ2v) is 3.88. The zero-order chi connectivity index (χ0) is 10.1. The molecular formula is C10H11ClN2O. The van der Waals surface area contributed by atoms with E-state index in [1.165, 1.54) is 0 Å². The number of nitrogens with two attached hydrogens (primary N) is 1. The molecule has 1 aromatic carbocycles. The SMILES string of the molecule is N[C@H]1CC(=O)N(c2cccc(Cl)c2)C1. The van der Waals surface area contributed by atoms with Gasteiger partial charge in [-0.15, -0.1) is 0 Å². The van der Waals surface area contributed by atoms with Crippen LogP contribution >= 0.6 is 11.6 Å². The molecule has 0 unspecified atom stereocenters. The van der Waals surface area contributed by atoms with Crippen LogP contribution in [0.2, 0.25) is 5.02 Å². The highest BCUT2D eigenvalue weighted by Gasteiger charge is 2.27. The smallest absolute Gasteiger partial charge is 0.228 e. The molecule has 2 N–H and O–H groups in total. The highest BCUT2D eigenvalue weighted by Crippen LogP contribution is 2.23. The monoisotopic (exact) mass is 210 g/mol. The summed E-state index contributed by atoms with van der Waals surface area (Å²) in [5.74, 6) is 0.0692.